The first kappa shape index (κ1) is 18.5. The van der Waals surface area contributed by atoms with Crippen LogP contribution in [-0.4, -0.2) is 25.9 Å². The maximum atomic E-state index is 12.5. The van der Waals surface area contributed by atoms with E-state index in [-0.39, 0.29) is 5.91 Å². The zero-order valence-electron chi connectivity index (χ0n) is 13.9. The van der Waals surface area contributed by atoms with Crippen molar-refractivity contribution in [1.29, 1.82) is 0 Å². The van der Waals surface area contributed by atoms with Crippen molar-refractivity contribution < 1.29 is 14.3 Å². The summed E-state index contributed by atoms with van der Waals surface area (Å²) in [5, 5.41) is 3.22. The summed E-state index contributed by atoms with van der Waals surface area (Å²) < 4.78 is 10.9. The van der Waals surface area contributed by atoms with E-state index in [2.05, 4.69) is 5.32 Å². The highest BCUT2D eigenvalue weighted by Gasteiger charge is 2.16. The Hall–Kier alpha value is -1.85. The summed E-state index contributed by atoms with van der Waals surface area (Å²) in [6.07, 6.45) is 2.84. The number of carbonyl (C=O) groups excluding carboxylic acids is 1. The van der Waals surface area contributed by atoms with Gasteiger partial charge in [-0.25, -0.2) is 0 Å². The molecule has 6 heteroatoms. The molecule has 2 aromatic carbocycles. The first-order valence-corrected chi connectivity index (χ1v) is 9.15. The molecule has 0 aromatic heterocycles. The van der Waals surface area contributed by atoms with E-state index in [4.69, 9.17) is 21.1 Å². The molecule has 0 fully saturated rings. The molecule has 0 atom stereocenters. The normalized spacial score (nSPS) is 10.3. The van der Waals surface area contributed by atoms with Crippen LogP contribution in [0.25, 0.3) is 0 Å². The van der Waals surface area contributed by atoms with Gasteiger partial charge in [-0.15, -0.1) is 11.8 Å². The van der Waals surface area contributed by atoms with Crippen LogP contribution >= 0.6 is 23.4 Å². The number of ether oxygens (including phenoxy) is 2. The molecule has 0 saturated carbocycles. The number of anilines is 1. The van der Waals surface area contributed by atoms with Crippen molar-refractivity contribution in [3.63, 3.8) is 0 Å². The third kappa shape index (κ3) is 4.58. The summed E-state index contributed by atoms with van der Waals surface area (Å²) in [6.45, 7) is 2.54. The second-order valence-corrected chi connectivity index (χ2v) is 6.31. The van der Waals surface area contributed by atoms with Gasteiger partial charge in [0.05, 0.1) is 18.7 Å². The van der Waals surface area contributed by atoms with Crippen LogP contribution in [0.4, 0.5) is 5.69 Å². The molecule has 0 aliphatic heterocycles. The Labute approximate surface area is 151 Å². The fraction of sp³-hybridized carbons (Fsp3) is 0.278. The Morgan fingerprint density at radius 3 is 2.75 bits per heavy atom. The number of amides is 1. The maximum absolute atomic E-state index is 12.5. The average Bonchev–Trinajstić information content (AvgIpc) is 2.60. The first-order valence-electron chi connectivity index (χ1n) is 7.54. The highest BCUT2D eigenvalue weighted by atomic mass is 35.5. The summed E-state index contributed by atoms with van der Waals surface area (Å²) in [5.41, 5.74) is 1.14. The molecule has 0 bridgehead atoms. The average molecular weight is 366 g/mol. The molecule has 24 heavy (non-hydrogen) atoms. The number of carbonyl (C=O) groups is 1. The lowest BCUT2D eigenvalue weighted by molar-refractivity contribution is 0.102. The molecule has 0 radical (unpaired) electrons. The van der Waals surface area contributed by atoms with E-state index in [1.54, 1.807) is 23.9 Å². The topological polar surface area (TPSA) is 47.6 Å². The third-order valence-corrected chi connectivity index (χ3v) is 4.28. The number of halogens is 1. The minimum absolute atomic E-state index is 0.254. The molecule has 0 heterocycles. The molecule has 2 aromatic rings. The molecular weight excluding hydrogens is 346 g/mol. The van der Waals surface area contributed by atoms with Crippen molar-refractivity contribution in [2.24, 2.45) is 0 Å². The number of thioether (sulfide) groups is 1. The van der Waals surface area contributed by atoms with E-state index in [0.29, 0.717) is 28.7 Å². The molecule has 2 rings (SSSR count). The zero-order chi connectivity index (χ0) is 17.5. The van der Waals surface area contributed by atoms with Crippen LogP contribution in [0.15, 0.2) is 41.3 Å². The lowest BCUT2D eigenvalue weighted by Crippen LogP contribution is -2.12. The van der Waals surface area contributed by atoms with Crippen LogP contribution in [0.3, 0.4) is 0 Å². The molecule has 128 valence electrons. The number of rotatable bonds is 7. The van der Waals surface area contributed by atoms with Crippen LogP contribution < -0.4 is 14.8 Å². The van der Waals surface area contributed by atoms with Crippen LogP contribution in [0.2, 0.25) is 5.02 Å². The fourth-order valence-electron chi connectivity index (χ4n) is 2.10. The highest BCUT2D eigenvalue weighted by Crippen LogP contribution is 2.36. The number of nitrogens with one attached hydrogen (secondary N) is 1. The van der Waals surface area contributed by atoms with Crippen molar-refractivity contribution in [1.82, 2.24) is 0 Å². The number of methoxy groups -OCH3 is 1. The number of hydrogen-bond donors (Lipinski definition) is 1. The molecular formula is C18H20ClNO3S. The van der Waals surface area contributed by atoms with Gasteiger partial charge in [-0.1, -0.05) is 24.6 Å². The summed E-state index contributed by atoms with van der Waals surface area (Å²) in [7, 11) is 1.52. The zero-order valence-corrected chi connectivity index (χ0v) is 15.5. The van der Waals surface area contributed by atoms with Gasteiger partial charge in [0.25, 0.3) is 5.91 Å². The Kier molecular flexibility index (Phi) is 6.82. The quantitative estimate of drug-likeness (QED) is 0.692. The Morgan fingerprint density at radius 2 is 2.08 bits per heavy atom. The van der Waals surface area contributed by atoms with Gasteiger partial charge in [-0.3, -0.25) is 4.79 Å². The molecule has 4 nitrogen and oxygen atoms in total. The summed E-state index contributed by atoms with van der Waals surface area (Å²) in [6, 6.07) is 10.9. The molecule has 0 unspecified atom stereocenters. The van der Waals surface area contributed by atoms with Gasteiger partial charge in [-0.05, 0) is 43.0 Å². The van der Waals surface area contributed by atoms with E-state index in [1.807, 2.05) is 37.4 Å². The van der Waals surface area contributed by atoms with Crippen LogP contribution in [0, 0.1) is 0 Å². The summed E-state index contributed by atoms with van der Waals surface area (Å²) >= 11 is 7.87. The lowest BCUT2D eigenvalue weighted by atomic mass is 10.1. The molecule has 0 aliphatic rings. The second kappa shape index (κ2) is 8.85. The number of hydrogen-bond acceptors (Lipinski definition) is 4. The molecule has 1 amide bonds. The molecule has 0 saturated heterocycles. The van der Waals surface area contributed by atoms with Gasteiger partial charge in [0, 0.05) is 16.1 Å². The van der Waals surface area contributed by atoms with Crippen molar-refractivity contribution >= 4 is 35.0 Å². The van der Waals surface area contributed by atoms with Crippen LogP contribution in [0.5, 0.6) is 11.5 Å². The second-order valence-electron chi connectivity index (χ2n) is 5.02. The van der Waals surface area contributed by atoms with E-state index < -0.39 is 0 Å². The van der Waals surface area contributed by atoms with Crippen LogP contribution in [0.1, 0.15) is 23.7 Å². The van der Waals surface area contributed by atoms with E-state index in [1.165, 1.54) is 7.11 Å². The van der Waals surface area contributed by atoms with Gasteiger partial charge in [0.1, 0.15) is 0 Å². The van der Waals surface area contributed by atoms with Crippen molar-refractivity contribution in [3.05, 3.63) is 47.0 Å². The van der Waals surface area contributed by atoms with Crippen molar-refractivity contribution in [2.45, 2.75) is 18.2 Å². The standard InChI is InChI=1S/C18H20ClNO3S/c1-4-8-23-17-15(19)9-12(10-16(17)22-2)18(21)20-13-6-5-7-14(11-13)24-3/h5-7,9-11H,4,8H2,1-3H3,(H,20,21). The van der Waals surface area contributed by atoms with E-state index in [9.17, 15) is 4.79 Å². The number of benzene rings is 2. The van der Waals surface area contributed by atoms with Crippen LogP contribution in [-0.2, 0) is 0 Å². The largest absolute Gasteiger partial charge is 0.493 e. The van der Waals surface area contributed by atoms with Gasteiger partial charge in [-0.2, -0.15) is 0 Å². The third-order valence-electron chi connectivity index (χ3n) is 3.27. The molecule has 0 aliphatic carbocycles. The fourth-order valence-corrected chi connectivity index (χ4v) is 2.82. The smallest absolute Gasteiger partial charge is 0.255 e. The van der Waals surface area contributed by atoms with Gasteiger partial charge >= 0.3 is 0 Å². The minimum atomic E-state index is -0.254. The summed E-state index contributed by atoms with van der Waals surface area (Å²) in [4.78, 5) is 13.6. The van der Waals surface area contributed by atoms with Gasteiger partial charge in [0.15, 0.2) is 11.5 Å². The SMILES string of the molecule is CCCOc1c(Cl)cc(C(=O)Nc2cccc(SC)c2)cc1OC. The Morgan fingerprint density at radius 1 is 1.29 bits per heavy atom. The van der Waals surface area contributed by atoms with Crippen molar-refractivity contribution in [2.75, 3.05) is 25.3 Å². The monoisotopic (exact) mass is 365 g/mol. The van der Waals surface area contributed by atoms with E-state index >= 15 is 0 Å². The first-order chi connectivity index (χ1) is 11.6. The Balaban J connectivity index is 2.24. The lowest BCUT2D eigenvalue weighted by Gasteiger charge is -2.14. The predicted molar refractivity (Wildman–Crippen MR) is 100.0 cm³/mol. The Bertz CT molecular complexity index is 721. The van der Waals surface area contributed by atoms with Crippen molar-refractivity contribution in [3.8, 4) is 11.5 Å². The summed E-state index contributed by atoms with van der Waals surface area (Å²) in [5.74, 6) is 0.649. The highest BCUT2D eigenvalue weighted by molar-refractivity contribution is 7.98. The predicted octanol–water partition coefficient (Wildman–Crippen LogP) is 5.11. The van der Waals surface area contributed by atoms with Gasteiger partial charge < -0.3 is 14.8 Å². The maximum Gasteiger partial charge on any atom is 0.255 e. The minimum Gasteiger partial charge on any atom is -0.493 e. The van der Waals surface area contributed by atoms with E-state index in [0.717, 1.165) is 17.0 Å². The van der Waals surface area contributed by atoms with Gasteiger partial charge in [0.2, 0.25) is 0 Å². The molecule has 1 N–H and O–H groups in total. The molecule has 0 spiro atoms.